The Labute approximate surface area is 198 Å². The third-order valence-electron chi connectivity index (χ3n) is 5.84. The van der Waals surface area contributed by atoms with Gasteiger partial charge in [0.05, 0.1) is 11.3 Å². The van der Waals surface area contributed by atoms with Gasteiger partial charge >= 0.3 is 12.1 Å². The molecule has 2 amide bonds. The third-order valence-corrected chi connectivity index (χ3v) is 5.84. The van der Waals surface area contributed by atoms with Gasteiger partial charge in [-0.3, -0.25) is 14.9 Å². The number of carbonyl (C=O) groups excluding carboxylic acids is 2. The van der Waals surface area contributed by atoms with Gasteiger partial charge < -0.3 is 14.7 Å². The molecule has 7 nitrogen and oxygen atoms in total. The highest BCUT2D eigenvalue weighted by atomic mass is 16.5. The predicted molar refractivity (Wildman–Crippen MR) is 129 cm³/mol. The first kappa shape index (κ1) is 23.0. The standard InChI is InChI=1S/C27H26N2O5/c1-2-15-29(16-25(30)31)26(32)22-13-7-8-14-24(22)28-27(33)34-17-23-20-11-5-3-9-18(20)19-10-4-6-12-21(19)23/h3-14,23H,2,15-17H2,1H3,(H,28,33)(H,30,31). The van der Waals surface area contributed by atoms with Gasteiger partial charge in [0.1, 0.15) is 13.2 Å². The molecule has 174 valence electrons. The number of nitrogens with zero attached hydrogens (tertiary/aromatic N) is 1. The van der Waals surface area contributed by atoms with Crippen molar-refractivity contribution in [3.63, 3.8) is 0 Å². The zero-order valence-electron chi connectivity index (χ0n) is 18.9. The number of hydrogen-bond donors (Lipinski definition) is 2. The summed E-state index contributed by atoms with van der Waals surface area (Å²) >= 11 is 0. The number of amides is 2. The molecule has 0 saturated heterocycles. The number of nitrogens with one attached hydrogen (secondary N) is 1. The second kappa shape index (κ2) is 10.2. The number of carboxylic acid groups (broad SMARTS) is 1. The Morgan fingerprint density at radius 1 is 0.912 bits per heavy atom. The van der Waals surface area contributed by atoms with Crippen LogP contribution in [0.2, 0.25) is 0 Å². The molecule has 0 atom stereocenters. The maximum atomic E-state index is 13.0. The van der Waals surface area contributed by atoms with Gasteiger partial charge in [0.2, 0.25) is 0 Å². The average molecular weight is 459 g/mol. The molecule has 0 spiro atoms. The fourth-order valence-electron chi connectivity index (χ4n) is 4.38. The van der Waals surface area contributed by atoms with Gasteiger partial charge in [-0.05, 0) is 40.8 Å². The van der Waals surface area contributed by atoms with Crippen molar-refractivity contribution in [1.29, 1.82) is 0 Å². The number of hydrogen-bond acceptors (Lipinski definition) is 4. The summed E-state index contributed by atoms with van der Waals surface area (Å²) in [4.78, 5) is 38.1. The molecule has 0 fully saturated rings. The van der Waals surface area contributed by atoms with Gasteiger partial charge in [-0.2, -0.15) is 0 Å². The molecule has 7 heteroatoms. The fraction of sp³-hybridized carbons (Fsp3) is 0.222. The summed E-state index contributed by atoms with van der Waals surface area (Å²) in [5.74, 6) is -1.63. The van der Waals surface area contributed by atoms with E-state index in [2.05, 4.69) is 17.4 Å². The van der Waals surface area contributed by atoms with E-state index in [-0.39, 0.29) is 23.8 Å². The zero-order valence-corrected chi connectivity index (χ0v) is 18.9. The molecule has 0 bridgehead atoms. The number of anilines is 1. The van der Waals surface area contributed by atoms with E-state index < -0.39 is 24.5 Å². The summed E-state index contributed by atoms with van der Waals surface area (Å²) < 4.78 is 5.58. The van der Waals surface area contributed by atoms with Crippen LogP contribution in [0.25, 0.3) is 11.1 Å². The SMILES string of the molecule is CCCN(CC(=O)O)C(=O)c1ccccc1NC(=O)OCC1c2ccccc2-c2ccccc21. The molecule has 3 aromatic carbocycles. The molecule has 2 N–H and O–H groups in total. The van der Waals surface area contributed by atoms with Crippen LogP contribution in [0.15, 0.2) is 72.8 Å². The van der Waals surface area contributed by atoms with Crippen LogP contribution in [-0.4, -0.2) is 47.7 Å². The monoisotopic (exact) mass is 458 g/mol. The minimum atomic E-state index is -1.09. The van der Waals surface area contributed by atoms with E-state index in [0.717, 1.165) is 22.3 Å². The predicted octanol–water partition coefficient (Wildman–Crippen LogP) is 4.98. The number of ether oxygens (including phenoxy) is 1. The summed E-state index contributed by atoms with van der Waals surface area (Å²) in [7, 11) is 0. The lowest BCUT2D eigenvalue weighted by atomic mass is 9.98. The fourth-order valence-corrected chi connectivity index (χ4v) is 4.38. The second-order valence-electron chi connectivity index (χ2n) is 8.12. The van der Waals surface area contributed by atoms with Gasteiger partial charge in [0.25, 0.3) is 5.91 Å². The lowest BCUT2D eigenvalue weighted by molar-refractivity contribution is -0.137. The van der Waals surface area contributed by atoms with E-state index in [1.54, 1.807) is 24.3 Å². The van der Waals surface area contributed by atoms with Gasteiger partial charge in [-0.15, -0.1) is 0 Å². The Balaban J connectivity index is 1.48. The van der Waals surface area contributed by atoms with Crippen molar-refractivity contribution in [2.24, 2.45) is 0 Å². The number of fused-ring (bicyclic) bond motifs is 3. The molecule has 0 saturated carbocycles. The van der Waals surface area contributed by atoms with E-state index in [4.69, 9.17) is 9.84 Å². The Morgan fingerprint density at radius 2 is 1.50 bits per heavy atom. The van der Waals surface area contributed by atoms with Crippen molar-refractivity contribution in [2.75, 3.05) is 25.0 Å². The lowest BCUT2D eigenvalue weighted by Gasteiger charge is -2.21. The first-order valence-electron chi connectivity index (χ1n) is 11.2. The Bertz CT molecular complexity index is 1180. The molecule has 34 heavy (non-hydrogen) atoms. The number of carboxylic acids is 1. The van der Waals surface area contributed by atoms with Crippen LogP contribution in [0.5, 0.6) is 0 Å². The third kappa shape index (κ3) is 4.78. The summed E-state index contributed by atoms with van der Waals surface area (Å²) in [5, 5.41) is 11.8. The van der Waals surface area contributed by atoms with Crippen LogP contribution >= 0.6 is 0 Å². The second-order valence-corrected chi connectivity index (χ2v) is 8.12. The number of benzene rings is 3. The first-order chi connectivity index (χ1) is 16.5. The summed E-state index contributed by atoms with van der Waals surface area (Å²) in [6, 6.07) is 22.7. The number of para-hydroxylation sites is 1. The van der Waals surface area contributed by atoms with Gasteiger partial charge in [0.15, 0.2) is 0 Å². The van der Waals surface area contributed by atoms with Crippen molar-refractivity contribution in [2.45, 2.75) is 19.3 Å². The summed E-state index contributed by atoms with van der Waals surface area (Å²) in [5.41, 5.74) is 4.98. The van der Waals surface area contributed by atoms with Gasteiger partial charge in [-0.1, -0.05) is 67.6 Å². The van der Waals surface area contributed by atoms with Crippen molar-refractivity contribution >= 4 is 23.7 Å². The highest BCUT2D eigenvalue weighted by Crippen LogP contribution is 2.44. The summed E-state index contributed by atoms with van der Waals surface area (Å²) in [6.07, 6.45) is -0.0662. The van der Waals surface area contributed by atoms with E-state index in [1.807, 2.05) is 43.3 Å². The molecule has 0 heterocycles. The highest BCUT2D eigenvalue weighted by Gasteiger charge is 2.29. The minimum Gasteiger partial charge on any atom is -0.480 e. The first-order valence-corrected chi connectivity index (χ1v) is 11.2. The number of rotatable bonds is 8. The van der Waals surface area contributed by atoms with Crippen LogP contribution in [0.1, 0.15) is 40.7 Å². The molecule has 0 aromatic heterocycles. The van der Waals surface area contributed by atoms with Crippen molar-refractivity contribution < 1.29 is 24.2 Å². The van der Waals surface area contributed by atoms with Gasteiger partial charge in [-0.25, -0.2) is 4.79 Å². The number of aliphatic carboxylic acids is 1. The van der Waals surface area contributed by atoms with Gasteiger partial charge in [0, 0.05) is 12.5 Å². The van der Waals surface area contributed by atoms with Crippen LogP contribution in [0, 0.1) is 0 Å². The largest absolute Gasteiger partial charge is 0.480 e. The molecule has 1 aliphatic carbocycles. The topological polar surface area (TPSA) is 95.9 Å². The summed E-state index contributed by atoms with van der Waals surface area (Å²) in [6.45, 7) is 1.90. The van der Waals surface area contributed by atoms with Crippen molar-refractivity contribution in [3.05, 3.63) is 89.5 Å². The molecule has 4 rings (SSSR count). The number of carbonyl (C=O) groups is 3. The van der Waals surface area contributed by atoms with Crippen molar-refractivity contribution in [1.82, 2.24) is 4.90 Å². The Morgan fingerprint density at radius 3 is 2.12 bits per heavy atom. The molecular formula is C27H26N2O5. The van der Waals surface area contributed by atoms with Crippen LogP contribution < -0.4 is 5.32 Å². The maximum Gasteiger partial charge on any atom is 0.411 e. The smallest absolute Gasteiger partial charge is 0.411 e. The molecule has 0 unspecified atom stereocenters. The quantitative estimate of drug-likeness (QED) is 0.496. The Kier molecular flexibility index (Phi) is 6.92. The average Bonchev–Trinajstić information content (AvgIpc) is 3.16. The van der Waals surface area contributed by atoms with Crippen LogP contribution in [0.4, 0.5) is 10.5 Å². The minimum absolute atomic E-state index is 0.0781. The Hall–Kier alpha value is -4.13. The normalized spacial score (nSPS) is 11.9. The van der Waals surface area contributed by atoms with E-state index in [1.165, 1.54) is 4.90 Å². The van der Waals surface area contributed by atoms with E-state index >= 15 is 0 Å². The van der Waals surface area contributed by atoms with Crippen LogP contribution in [0.3, 0.4) is 0 Å². The van der Waals surface area contributed by atoms with Crippen molar-refractivity contribution in [3.8, 4) is 11.1 Å². The molecule has 3 aromatic rings. The molecular weight excluding hydrogens is 432 g/mol. The van der Waals surface area contributed by atoms with E-state index in [9.17, 15) is 14.4 Å². The maximum absolute atomic E-state index is 13.0. The molecule has 0 aliphatic heterocycles. The van der Waals surface area contributed by atoms with Crippen LogP contribution in [-0.2, 0) is 9.53 Å². The molecule has 1 aliphatic rings. The van der Waals surface area contributed by atoms with E-state index in [0.29, 0.717) is 13.0 Å². The highest BCUT2D eigenvalue weighted by molar-refractivity contribution is 6.03. The lowest BCUT2D eigenvalue weighted by Crippen LogP contribution is -2.36. The molecule has 0 radical (unpaired) electrons. The zero-order chi connectivity index (χ0) is 24.1.